The third-order valence-electron chi connectivity index (χ3n) is 5.24. The number of imidazole rings is 1. The second-order valence-electron chi connectivity index (χ2n) is 10.6. The molecule has 1 atom stereocenters. The summed E-state index contributed by atoms with van der Waals surface area (Å²) in [4.78, 5) is 29.2. The molecule has 1 heterocycles. The number of hydrogen-bond donors (Lipinski definition) is 1. The number of carbonyl (C=O) groups is 2. The molecule has 1 aromatic heterocycles. The molecule has 0 aliphatic heterocycles. The second-order valence-corrected chi connectivity index (χ2v) is 10.6. The highest BCUT2D eigenvalue weighted by molar-refractivity contribution is 5.73. The monoisotopic (exact) mass is 435 g/mol. The van der Waals surface area contributed by atoms with E-state index in [4.69, 9.17) is 9.47 Å². The van der Waals surface area contributed by atoms with E-state index in [1.165, 1.54) is 32.1 Å². The quantitative estimate of drug-likeness (QED) is 0.449. The van der Waals surface area contributed by atoms with E-state index in [1.54, 1.807) is 0 Å². The topological polar surface area (TPSA) is 82.5 Å². The second kappa shape index (κ2) is 11.0. The van der Waals surface area contributed by atoms with E-state index in [0.29, 0.717) is 31.8 Å². The molecule has 1 N–H and O–H groups in total. The molecule has 1 unspecified atom stereocenters. The van der Waals surface area contributed by atoms with Crippen LogP contribution >= 0.6 is 0 Å². The Morgan fingerprint density at radius 1 is 1.10 bits per heavy atom. The van der Waals surface area contributed by atoms with Crippen molar-refractivity contribution in [2.24, 2.45) is 5.92 Å². The summed E-state index contributed by atoms with van der Waals surface area (Å²) in [6.07, 6.45) is 11.6. The first kappa shape index (κ1) is 25.2. The van der Waals surface area contributed by atoms with Crippen LogP contribution in [0.3, 0.4) is 0 Å². The maximum atomic E-state index is 12.8. The van der Waals surface area contributed by atoms with Crippen LogP contribution in [0, 0.1) is 5.92 Å². The first-order chi connectivity index (χ1) is 14.4. The van der Waals surface area contributed by atoms with Gasteiger partial charge in [-0.1, -0.05) is 19.3 Å². The lowest BCUT2D eigenvalue weighted by molar-refractivity contribution is -0.160. The molecule has 0 radical (unpaired) electrons. The van der Waals surface area contributed by atoms with Gasteiger partial charge in [-0.05, 0) is 67.2 Å². The number of nitrogens with one attached hydrogen (secondary N) is 1. The molecule has 7 nitrogen and oxygen atoms in total. The maximum absolute atomic E-state index is 12.8. The summed E-state index contributed by atoms with van der Waals surface area (Å²) in [6.45, 7) is 11.6. The molecule has 1 aliphatic carbocycles. The molecule has 176 valence electrons. The molecule has 1 aliphatic rings. The first-order valence-electron chi connectivity index (χ1n) is 11.6. The van der Waals surface area contributed by atoms with Crippen molar-refractivity contribution in [1.29, 1.82) is 0 Å². The zero-order chi connectivity index (χ0) is 23.1. The Kier molecular flexibility index (Phi) is 8.95. The number of aromatic nitrogens is 2. The van der Waals surface area contributed by atoms with Crippen molar-refractivity contribution < 1.29 is 19.1 Å². The minimum absolute atomic E-state index is 0.211. The number of carbonyl (C=O) groups excluding carboxylic acids is 2. The minimum Gasteiger partial charge on any atom is -0.460 e. The SMILES string of the molecule is CC(C)(C)OC(=O)NCCCC(Cc1cn(C2CCCCC2)cn1)C(=O)OC(C)(C)C. The van der Waals surface area contributed by atoms with Crippen LogP contribution in [0.15, 0.2) is 12.5 Å². The number of alkyl carbamates (subject to hydrolysis) is 1. The van der Waals surface area contributed by atoms with E-state index in [-0.39, 0.29) is 11.9 Å². The standard InChI is InChI=1S/C24H41N3O4/c1-23(2,3)30-21(28)18(11-10-14-25-22(29)31-24(4,5)6)15-19-16-27(17-26-19)20-12-8-7-9-13-20/h16-18,20H,7-15H2,1-6H3,(H,25,29). The third kappa shape index (κ3) is 9.74. The number of esters is 1. The number of nitrogens with zero attached hydrogens (tertiary/aromatic N) is 2. The molecule has 7 heteroatoms. The zero-order valence-electron chi connectivity index (χ0n) is 20.2. The van der Waals surface area contributed by atoms with E-state index in [2.05, 4.69) is 21.1 Å². The lowest BCUT2D eigenvalue weighted by Crippen LogP contribution is -2.34. The largest absolute Gasteiger partial charge is 0.460 e. The molecular formula is C24H41N3O4. The highest BCUT2D eigenvalue weighted by atomic mass is 16.6. The molecule has 0 spiro atoms. The van der Waals surface area contributed by atoms with Crippen LogP contribution in [0.1, 0.15) is 98.2 Å². The van der Waals surface area contributed by atoms with Crippen molar-refractivity contribution >= 4 is 12.1 Å². The Morgan fingerprint density at radius 2 is 1.74 bits per heavy atom. The van der Waals surface area contributed by atoms with Gasteiger partial charge in [-0.3, -0.25) is 4.79 Å². The van der Waals surface area contributed by atoms with Gasteiger partial charge in [0.05, 0.1) is 17.9 Å². The van der Waals surface area contributed by atoms with Gasteiger partial charge in [0.1, 0.15) is 11.2 Å². The molecular weight excluding hydrogens is 394 g/mol. The van der Waals surface area contributed by atoms with E-state index >= 15 is 0 Å². The van der Waals surface area contributed by atoms with Crippen LogP contribution in [0.2, 0.25) is 0 Å². The third-order valence-corrected chi connectivity index (χ3v) is 5.24. The average molecular weight is 436 g/mol. The molecule has 0 bridgehead atoms. The fourth-order valence-electron chi connectivity index (χ4n) is 3.86. The van der Waals surface area contributed by atoms with Crippen molar-refractivity contribution in [2.75, 3.05) is 6.54 Å². The van der Waals surface area contributed by atoms with Crippen LogP contribution in [0.25, 0.3) is 0 Å². The van der Waals surface area contributed by atoms with Gasteiger partial charge in [0, 0.05) is 25.2 Å². The molecule has 1 amide bonds. The molecule has 1 saturated carbocycles. The molecule has 0 aromatic carbocycles. The number of hydrogen-bond acceptors (Lipinski definition) is 5. The van der Waals surface area contributed by atoms with E-state index in [1.807, 2.05) is 47.9 Å². The Bertz CT molecular complexity index is 709. The van der Waals surface area contributed by atoms with Crippen LogP contribution < -0.4 is 5.32 Å². The van der Waals surface area contributed by atoms with Gasteiger partial charge in [0.15, 0.2) is 0 Å². The maximum Gasteiger partial charge on any atom is 0.407 e. The van der Waals surface area contributed by atoms with Gasteiger partial charge in [-0.15, -0.1) is 0 Å². The lowest BCUT2D eigenvalue weighted by atomic mass is 9.95. The number of ether oxygens (including phenoxy) is 2. The van der Waals surface area contributed by atoms with Crippen molar-refractivity contribution in [3.63, 3.8) is 0 Å². The Morgan fingerprint density at radius 3 is 2.35 bits per heavy atom. The zero-order valence-corrected chi connectivity index (χ0v) is 20.2. The van der Waals surface area contributed by atoms with Gasteiger partial charge in [-0.25, -0.2) is 9.78 Å². The average Bonchev–Trinajstić information content (AvgIpc) is 3.10. The summed E-state index contributed by atoms with van der Waals surface area (Å²) in [6, 6.07) is 0.521. The summed E-state index contributed by atoms with van der Waals surface area (Å²) in [7, 11) is 0. The van der Waals surface area contributed by atoms with Gasteiger partial charge >= 0.3 is 12.1 Å². The van der Waals surface area contributed by atoms with Gasteiger partial charge in [0.25, 0.3) is 0 Å². The summed E-state index contributed by atoms with van der Waals surface area (Å²) in [5.41, 5.74) is -0.146. The molecule has 0 saturated heterocycles. The van der Waals surface area contributed by atoms with Crippen molar-refractivity contribution in [3.8, 4) is 0 Å². The summed E-state index contributed by atoms with van der Waals surface area (Å²) >= 11 is 0. The fraction of sp³-hybridized carbons (Fsp3) is 0.792. The van der Waals surface area contributed by atoms with Crippen molar-refractivity contribution in [2.45, 2.75) is 110 Å². The van der Waals surface area contributed by atoms with Gasteiger partial charge in [-0.2, -0.15) is 0 Å². The van der Waals surface area contributed by atoms with Crippen molar-refractivity contribution in [1.82, 2.24) is 14.9 Å². The summed E-state index contributed by atoms with van der Waals surface area (Å²) < 4.78 is 13.1. The smallest absolute Gasteiger partial charge is 0.407 e. The van der Waals surface area contributed by atoms with Gasteiger partial charge < -0.3 is 19.4 Å². The highest BCUT2D eigenvalue weighted by Crippen LogP contribution is 2.28. The Labute approximate surface area is 187 Å². The van der Waals surface area contributed by atoms with Crippen LogP contribution in [-0.4, -0.2) is 39.4 Å². The van der Waals surface area contributed by atoms with Crippen LogP contribution in [0.5, 0.6) is 0 Å². The molecule has 2 rings (SSSR count). The first-order valence-corrected chi connectivity index (χ1v) is 11.6. The molecule has 1 aromatic rings. The van der Waals surface area contributed by atoms with Gasteiger partial charge in [0.2, 0.25) is 0 Å². The predicted octanol–water partition coefficient (Wildman–Crippen LogP) is 5.19. The molecule has 31 heavy (non-hydrogen) atoms. The van der Waals surface area contributed by atoms with E-state index in [9.17, 15) is 9.59 Å². The Hall–Kier alpha value is -2.05. The number of amides is 1. The van der Waals surface area contributed by atoms with Crippen molar-refractivity contribution in [3.05, 3.63) is 18.2 Å². The summed E-state index contributed by atoms with van der Waals surface area (Å²) in [5.74, 6) is -0.508. The minimum atomic E-state index is -0.536. The Balaban J connectivity index is 1.93. The number of rotatable bonds is 8. The molecule has 1 fully saturated rings. The highest BCUT2D eigenvalue weighted by Gasteiger charge is 2.26. The van der Waals surface area contributed by atoms with E-state index in [0.717, 1.165) is 5.69 Å². The normalized spacial score (nSPS) is 16.6. The van der Waals surface area contributed by atoms with E-state index < -0.39 is 17.3 Å². The summed E-state index contributed by atoms with van der Waals surface area (Å²) in [5, 5.41) is 2.76. The fourth-order valence-corrected chi connectivity index (χ4v) is 3.86. The van der Waals surface area contributed by atoms with Crippen LogP contribution in [-0.2, 0) is 20.7 Å². The predicted molar refractivity (Wildman–Crippen MR) is 121 cm³/mol. The van der Waals surface area contributed by atoms with Crippen LogP contribution in [0.4, 0.5) is 4.79 Å². The lowest BCUT2D eigenvalue weighted by Gasteiger charge is -2.24.